The fourth-order valence-corrected chi connectivity index (χ4v) is 3.71. The third kappa shape index (κ3) is 5.75. The second kappa shape index (κ2) is 6.39. The minimum atomic E-state index is -1.69. The lowest BCUT2D eigenvalue weighted by atomic mass is 9.91. The molecule has 1 aliphatic rings. The first-order valence-corrected chi connectivity index (χ1v) is 14.2. The number of ether oxygens (including phenoxy) is 1. The molecule has 0 radical (unpaired) electrons. The molecule has 0 aliphatic heterocycles. The van der Waals surface area contributed by atoms with Gasteiger partial charge in [0.1, 0.15) is 5.76 Å². The first-order valence-electron chi connectivity index (χ1n) is 7.37. The molecule has 1 unspecified atom stereocenters. The van der Waals surface area contributed by atoms with Gasteiger partial charge >= 0.3 is 0 Å². The number of hydrogen-bond donors (Lipinski definition) is 0. The zero-order valence-corrected chi connectivity index (χ0v) is 16.3. The summed E-state index contributed by atoms with van der Waals surface area (Å²) >= 11 is 0. The molecule has 0 fully saturated rings. The van der Waals surface area contributed by atoms with Crippen molar-refractivity contribution in [3.8, 4) is 0 Å². The quantitative estimate of drug-likeness (QED) is 0.535. The topological polar surface area (TPSA) is 27.7 Å². The van der Waals surface area contributed by atoms with Gasteiger partial charge in [-0.15, -0.1) is 0 Å². The summed E-state index contributed by atoms with van der Waals surface area (Å²) in [7, 11) is -1.63. The third-order valence-corrected chi connectivity index (χ3v) is 4.43. The highest BCUT2D eigenvalue weighted by Crippen LogP contribution is 2.34. The summed E-state index contributed by atoms with van der Waals surface area (Å²) in [6.07, 6.45) is 4.23. The zero-order chi connectivity index (χ0) is 15.6. The van der Waals surface area contributed by atoms with Crippen molar-refractivity contribution in [1.29, 1.82) is 0 Å². The molecule has 0 spiro atoms. The van der Waals surface area contributed by atoms with E-state index in [0.29, 0.717) is 11.9 Å². The lowest BCUT2D eigenvalue weighted by Crippen LogP contribution is -2.29. The highest BCUT2D eigenvalue weighted by molar-refractivity contribution is 6.70. The van der Waals surface area contributed by atoms with Crippen molar-refractivity contribution in [1.82, 2.24) is 0 Å². The molecule has 0 amide bonds. The van der Waals surface area contributed by atoms with Gasteiger partial charge < -0.3 is 13.6 Å². The largest absolute Gasteiger partial charge is 0.544 e. The van der Waals surface area contributed by atoms with Gasteiger partial charge in [0, 0.05) is 0 Å². The molecule has 0 heterocycles. The van der Waals surface area contributed by atoms with E-state index in [9.17, 15) is 0 Å². The second-order valence-corrected chi connectivity index (χ2v) is 16.4. The van der Waals surface area contributed by atoms with E-state index in [0.717, 1.165) is 24.2 Å². The van der Waals surface area contributed by atoms with Crippen LogP contribution in [0, 0.1) is 5.92 Å². The Hall–Kier alpha value is -0.686. The maximum absolute atomic E-state index is 6.23. The molecule has 1 aliphatic carbocycles. The molecule has 0 aromatic heterocycles. The molecule has 1 atom stereocenters. The van der Waals surface area contributed by atoms with Crippen LogP contribution in [-0.4, -0.2) is 23.7 Å². The van der Waals surface area contributed by atoms with E-state index in [1.165, 1.54) is 0 Å². The van der Waals surface area contributed by atoms with Crippen molar-refractivity contribution in [3.05, 3.63) is 23.4 Å². The fraction of sp³-hybridized carbons (Fsp3) is 0.733. The van der Waals surface area contributed by atoms with E-state index in [1.807, 2.05) is 0 Å². The lowest BCUT2D eigenvalue weighted by Gasteiger charge is -2.30. The Morgan fingerprint density at radius 2 is 1.70 bits per heavy atom. The molecular weight excluding hydrogens is 284 g/mol. The Balaban J connectivity index is 3.12. The number of allylic oxidation sites excluding steroid dienone is 2. The Morgan fingerprint density at radius 1 is 1.10 bits per heavy atom. The molecule has 0 saturated heterocycles. The van der Waals surface area contributed by atoms with Gasteiger partial charge in [0.15, 0.2) is 0 Å². The van der Waals surface area contributed by atoms with E-state index < -0.39 is 16.6 Å². The maximum Gasteiger partial charge on any atom is 0.272 e. The van der Waals surface area contributed by atoms with Crippen LogP contribution >= 0.6 is 0 Å². The Morgan fingerprint density at radius 3 is 2.15 bits per heavy atom. The van der Waals surface area contributed by atoms with Crippen LogP contribution < -0.4 is 0 Å². The van der Waals surface area contributed by atoms with Crippen molar-refractivity contribution in [2.75, 3.05) is 7.11 Å². The first-order chi connectivity index (χ1) is 9.02. The van der Waals surface area contributed by atoms with Gasteiger partial charge in [0.05, 0.1) is 12.7 Å². The summed E-state index contributed by atoms with van der Waals surface area (Å²) in [5.41, 5.74) is 1.11. The van der Waals surface area contributed by atoms with Gasteiger partial charge in [0.2, 0.25) is 16.6 Å². The van der Waals surface area contributed by atoms with Crippen molar-refractivity contribution in [2.45, 2.75) is 59.0 Å². The second-order valence-electron chi connectivity index (χ2n) is 7.51. The van der Waals surface area contributed by atoms with Crippen LogP contribution in [0.15, 0.2) is 23.4 Å². The summed E-state index contributed by atoms with van der Waals surface area (Å²) in [6, 6.07) is 0. The lowest BCUT2D eigenvalue weighted by molar-refractivity contribution is 0.137. The van der Waals surface area contributed by atoms with Crippen LogP contribution in [0.1, 0.15) is 19.8 Å². The van der Waals surface area contributed by atoms with Crippen LogP contribution in [0.2, 0.25) is 39.3 Å². The zero-order valence-electron chi connectivity index (χ0n) is 14.3. The maximum atomic E-state index is 6.23. The summed E-state index contributed by atoms with van der Waals surface area (Å²) in [5, 5.41) is 0. The van der Waals surface area contributed by atoms with Crippen LogP contribution in [0.25, 0.3) is 0 Å². The normalized spacial score (nSPS) is 23.0. The smallest absolute Gasteiger partial charge is 0.272 e. The van der Waals surface area contributed by atoms with Crippen LogP contribution in [0.3, 0.4) is 0 Å². The Bertz CT molecular complexity index is 400. The van der Waals surface area contributed by atoms with E-state index in [4.69, 9.17) is 13.6 Å². The van der Waals surface area contributed by atoms with Gasteiger partial charge in [-0.25, -0.2) is 0 Å². The van der Waals surface area contributed by atoms with Crippen molar-refractivity contribution in [3.63, 3.8) is 0 Å². The van der Waals surface area contributed by atoms with Gasteiger partial charge in [-0.3, -0.25) is 0 Å². The summed E-state index contributed by atoms with van der Waals surface area (Å²) in [5.74, 6) is 2.26. The summed E-state index contributed by atoms with van der Waals surface area (Å²) in [4.78, 5) is 0. The van der Waals surface area contributed by atoms with Gasteiger partial charge in [0.25, 0.3) is 5.95 Å². The van der Waals surface area contributed by atoms with Gasteiger partial charge in [-0.05, 0) is 64.1 Å². The summed E-state index contributed by atoms with van der Waals surface area (Å²) < 4.78 is 17.9. The Labute approximate surface area is 126 Å². The molecule has 5 heteroatoms. The average Bonchev–Trinajstić information content (AvgIpc) is 2.25. The summed E-state index contributed by atoms with van der Waals surface area (Å²) in [6.45, 7) is 15.4. The SMILES string of the molecule is CO/C(O[Si](C)(C)C)=C1/CC(C)CC=C1O[Si](C)(C)C. The van der Waals surface area contributed by atoms with Gasteiger partial charge in [-0.2, -0.15) is 0 Å². The molecule has 116 valence electrons. The van der Waals surface area contributed by atoms with E-state index in [2.05, 4.69) is 52.3 Å². The minimum Gasteiger partial charge on any atom is -0.544 e. The molecule has 20 heavy (non-hydrogen) atoms. The van der Waals surface area contributed by atoms with Crippen molar-refractivity contribution < 1.29 is 13.6 Å². The molecule has 0 saturated carbocycles. The van der Waals surface area contributed by atoms with E-state index in [-0.39, 0.29) is 0 Å². The molecule has 0 N–H and O–H groups in total. The van der Waals surface area contributed by atoms with E-state index >= 15 is 0 Å². The number of hydrogen-bond acceptors (Lipinski definition) is 3. The Kier molecular flexibility index (Phi) is 5.55. The molecular formula is C15H30O3Si2. The predicted molar refractivity (Wildman–Crippen MR) is 89.4 cm³/mol. The predicted octanol–water partition coefficient (Wildman–Crippen LogP) is 4.86. The molecule has 3 nitrogen and oxygen atoms in total. The molecule has 0 aromatic rings. The van der Waals surface area contributed by atoms with Crippen LogP contribution in [0.4, 0.5) is 0 Å². The van der Waals surface area contributed by atoms with Crippen molar-refractivity contribution >= 4 is 16.6 Å². The van der Waals surface area contributed by atoms with Crippen LogP contribution in [-0.2, 0) is 13.6 Å². The van der Waals surface area contributed by atoms with Gasteiger partial charge in [-0.1, -0.05) is 6.92 Å². The number of rotatable bonds is 5. The van der Waals surface area contributed by atoms with E-state index in [1.54, 1.807) is 7.11 Å². The molecule has 0 bridgehead atoms. The van der Waals surface area contributed by atoms with Crippen molar-refractivity contribution in [2.24, 2.45) is 5.92 Å². The first kappa shape index (κ1) is 17.4. The molecule has 0 aromatic carbocycles. The monoisotopic (exact) mass is 314 g/mol. The number of methoxy groups -OCH3 is 1. The third-order valence-electron chi connectivity index (χ3n) is 2.80. The fourth-order valence-electron chi connectivity index (χ4n) is 2.09. The minimum absolute atomic E-state index is 0.606. The standard InChI is InChI=1S/C15H30O3Si2/c1-12-9-10-14(17-19(3,4)5)13(11-12)15(16-2)18-20(6,7)8/h10,12H,9,11H2,1-8H3/b15-13+. The van der Waals surface area contributed by atoms with Crippen LogP contribution in [0.5, 0.6) is 0 Å². The highest BCUT2D eigenvalue weighted by atomic mass is 28.4. The molecule has 1 rings (SSSR count). The highest BCUT2D eigenvalue weighted by Gasteiger charge is 2.29. The average molecular weight is 315 g/mol.